The summed E-state index contributed by atoms with van der Waals surface area (Å²) in [4.78, 5) is 14.5. The molecule has 1 atom stereocenters. The lowest BCUT2D eigenvalue weighted by Gasteiger charge is -2.25. The first kappa shape index (κ1) is 17.8. The Morgan fingerprint density at radius 2 is 2.12 bits per heavy atom. The molecule has 0 aliphatic heterocycles. The molecular weight excluding hydrogens is 302 g/mol. The van der Waals surface area contributed by atoms with Crippen LogP contribution in [0.3, 0.4) is 0 Å². The van der Waals surface area contributed by atoms with E-state index in [1.165, 1.54) is 0 Å². The predicted molar refractivity (Wildman–Crippen MR) is 95.3 cm³/mol. The Hall–Kier alpha value is -2.56. The molecule has 0 radical (unpaired) electrons. The van der Waals surface area contributed by atoms with E-state index in [0.717, 1.165) is 22.5 Å². The van der Waals surface area contributed by atoms with Gasteiger partial charge in [-0.2, -0.15) is 5.10 Å². The molecule has 1 heterocycles. The van der Waals surface area contributed by atoms with Crippen molar-refractivity contribution in [2.24, 2.45) is 0 Å². The number of aryl methyl sites for hydroxylation is 2. The van der Waals surface area contributed by atoms with E-state index >= 15 is 0 Å². The molecule has 2 aromatic rings. The lowest BCUT2D eigenvalue weighted by atomic mass is 10.0. The van der Waals surface area contributed by atoms with Gasteiger partial charge in [-0.1, -0.05) is 12.6 Å². The van der Waals surface area contributed by atoms with Gasteiger partial charge in [0.2, 0.25) is 0 Å². The minimum absolute atomic E-state index is 0.0525. The molecule has 5 nitrogen and oxygen atoms in total. The third kappa shape index (κ3) is 3.85. The number of ether oxygens (including phenoxy) is 1. The SMILES string of the molecule is C=C(C)COc1cccc(C(=O)N(C)[C@H](C)c2c(C)n[nH]c2C)c1. The number of amides is 1. The second-order valence-electron chi connectivity index (χ2n) is 6.21. The standard InChI is InChI=1S/C19H25N3O2/c1-12(2)11-24-17-9-7-8-16(10-17)19(23)22(6)15(5)18-13(3)20-21-14(18)4/h7-10,15H,1,11H2,2-6H3,(H,20,21)/t15-/m1/s1. The molecule has 0 bridgehead atoms. The molecule has 0 aliphatic carbocycles. The van der Waals surface area contributed by atoms with Crippen molar-refractivity contribution in [2.45, 2.75) is 33.7 Å². The van der Waals surface area contributed by atoms with E-state index in [2.05, 4.69) is 16.8 Å². The molecule has 0 saturated heterocycles. The van der Waals surface area contributed by atoms with Crippen molar-refractivity contribution in [2.75, 3.05) is 13.7 Å². The fourth-order valence-corrected chi connectivity index (χ4v) is 2.67. The van der Waals surface area contributed by atoms with Gasteiger partial charge < -0.3 is 9.64 Å². The van der Waals surface area contributed by atoms with Crippen LogP contribution in [0, 0.1) is 13.8 Å². The van der Waals surface area contributed by atoms with Crippen LogP contribution in [0.5, 0.6) is 5.75 Å². The number of H-pyrrole nitrogens is 1. The summed E-state index contributed by atoms with van der Waals surface area (Å²) in [5.74, 6) is 0.615. The Balaban J connectivity index is 2.18. The fourth-order valence-electron chi connectivity index (χ4n) is 2.67. The van der Waals surface area contributed by atoms with E-state index in [4.69, 9.17) is 4.74 Å². The van der Waals surface area contributed by atoms with Gasteiger partial charge in [0.05, 0.1) is 11.7 Å². The van der Waals surface area contributed by atoms with E-state index in [1.807, 2.05) is 39.8 Å². The molecule has 1 aromatic heterocycles. The van der Waals surface area contributed by atoms with E-state index in [9.17, 15) is 4.79 Å². The molecule has 2 rings (SSSR count). The van der Waals surface area contributed by atoms with Crippen molar-refractivity contribution in [3.63, 3.8) is 0 Å². The minimum atomic E-state index is -0.0729. The van der Waals surface area contributed by atoms with E-state index < -0.39 is 0 Å². The van der Waals surface area contributed by atoms with Crippen molar-refractivity contribution in [1.29, 1.82) is 0 Å². The molecule has 1 amide bonds. The Kier molecular flexibility index (Phi) is 5.44. The molecule has 0 fully saturated rings. The van der Waals surface area contributed by atoms with Gasteiger partial charge in [0.15, 0.2) is 0 Å². The first-order valence-electron chi connectivity index (χ1n) is 7.97. The van der Waals surface area contributed by atoms with Crippen molar-refractivity contribution in [3.8, 4) is 5.75 Å². The molecule has 0 aliphatic rings. The second-order valence-corrected chi connectivity index (χ2v) is 6.21. The molecule has 1 aromatic carbocycles. The second kappa shape index (κ2) is 7.34. The Morgan fingerprint density at radius 1 is 1.42 bits per heavy atom. The largest absolute Gasteiger partial charge is 0.489 e. The van der Waals surface area contributed by atoms with Crippen LogP contribution >= 0.6 is 0 Å². The molecule has 5 heteroatoms. The number of rotatable bonds is 6. The van der Waals surface area contributed by atoms with Gasteiger partial charge >= 0.3 is 0 Å². The molecule has 24 heavy (non-hydrogen) atoms. The van der Waals surface area contributed by atoms with Crippen molar-refractivity contribution >= 4 is 5.91 Å². The Bertz CT molecular complexity index is 729. The van der Waals surface area contributed by atoms with Gasteiger partial charge in [0.1, 0.15) is 12.4 Å². The lowest BCUT2D eigenvalue weighted by molar-refractivity contribution is 0.0741. The average Bonchev–Trinajstić information content (AvgIpc) is 2.90. The number of hydrogen-bond acceptors (Lipinski definition) is 3. The van der Waals surface area contributed by atoms with Gasteiger partial charge in [-0.15, -0.1) is 0 Å². The average molecular weight is 327 g/mol. The fraction of sp³-hybridized carbons (Fsp3) is 0.368. The molecule has 1 N–H and O–H groups in total. The highest BCUT2D eigenvalue weighted by Crippen LogP contribution is 2.26. The maximum atomic E-state index is 12.8. The van der Waals surface area contributed by atoms with Crippen molar-refractivity contribution < 1.29 is 9.53 Å². The van der Waals surface area contributed by atoms with Gasteiger partial charge in [-0.3, -0.25) is 9.89 Å². The maximum Gasteiger partial charge on any atom is 0.254 e. The number of aromatic amines is 1. The smallest absolute Gasteiger partial charge is 0.254 e. The highest BCUT2D eigenvalue weighted by Gasteiger charge is 2.23. The summed E-state index contributed by atoms with van der Waals surface area (Å²) in [6, 6.07) is 7.16. The molecule has 0 spiro atoms. The molecule has 0 saturated carbocycles. The Labute approximate surface area is 143 Å². The number of hydrogen-bond donors (Lipinski definition) is 1. The van der Waals surface area contributed by atoms with Crippen LogP contribution in [0.2, 0.25) is 0 Å². The maximum absolute atomic E-state index is 12.8. The molecule has 128 valence electrons. The van der Waals surface area contributed by atoms with Crippen LogP contribution in [0.4, 0.5) is 0 Å². The summed E-state index contributed by atoms with van der Waals surface area (Å²) in [5.41, 5.74) is 4.49. The lowest BCUT2D eigenvalue weighted by Crippen LogP contribution is -2.30. The van der Waals surface area contributed by atoms with E-state index in [-0.39, 0.29) is 11.9 Å². The summed E-state index contributed by atoms with van der Waals surface area (Å²) in [5, 5.41) is 7.19. The summed E-state index contributed by atoms with van der Waals surface area (Å²) in [6.45, 7) is 12.1. The third-order valence-electron chi connectivity index (χ3n) is 4.07. The highest BCUT2D eigenvalue weighted by molar-refractivity contribution is 5.94. The summed E-state index contributed by atoms with van der Waals surface area (Å²) < 4.78 is 5.62. The highest BCUT2D eigenvalue weighted by atomic mass is 16.5. The zero-order valence-electron chi connectivity index (χ0n) is 15.0. The number of carbonyl (C=O) groups excluding carboxylic acids is 1. The topological polar surface area (TPSA) is 58.2 Å². The number of benzene rings is 1. The Morgan fingerprint density at radius 3 is 2.71 bits per heavy atom. The quantitative estimate of drug-likeness (QED) is 0.821. The molecular formula is C19H25N3O2. The van der Waals surface area contributed by atoms with Crippen molar-refractivity contribution in [3.05, 3.63) is 58.9 Å². The number of nitrogens with zero attached hydrogens (tertiary/aromatic N) is 2. The normalized spacial score (nSPS) is 11.9. The van der Waals surface area contributed by atoms with Gasteiger partial charge in [0, 0.05) is 23.9 Å². The number of nitrogens with one attached hydrogen (secondary N) is 1. The van der Waals surface area contributed by atoms with Crippen LogP contribution in [0.15, 0.2) is 36.4 Å². The van der Waals surface area contributed by atoms with Gasteiger partial charge in [-0.05, 0) is 51.5 Å². The van der Waals surface area contributed by atoms with Crippen LogP contribution in [0.25, 0.3) is 0 Å². The van der Waals surface area contributed by atoms with Crippen LogP contribution in [-0.2, 0) is 0 Å². The van der Waals surface area contributed by atoms with Gasteiger partial charge in [-0.25, -0.2) is 0 Å². The zero-order chi connectivity index (χ0) is 17.9. The summed E-state index contributed by atoms with van der Waals surface area (Å²) >= 11 is 0. The monoisotopic (exact) mass is 327 g/mol. The first-order valence-corrected chi connectivity index (χ1v) is 7.97. The van der Waals surface area contributed by atoms with Crippen LogP contribution in [0.1, 0.15) is 47.2 Å². The zero-order valence-corrected chi connectivity index (χ0v) is 15.0. The predicted octanol–water partition coefficient (Wildman–Crippen LogP) is 3.81. The summed E-state index contributed by atoms with van der Waals surface area (Å²) in [6.07, 6.45) is 0. The number of aromatic nitrogens is 2. The molecule has 0 unspecified atom stereocenters. The first-order chi connectivity index (χ1) is 11.3. The van der Waals surface area contributed by atoms with Crippen LogP contribution in [-0.4, -0.2) is 34.7 Å². The van der Waals surface area contributed by atoms with Gasteiger partial charge in [0.25, 0.3) is 5.91 Å². The number of carbonyl (C=O) groups is 1. The third-order valence-corrected chi connectivity index (χ3v) is 4.07. The van der Waals surface area contributed by atoms with E-state index in [1.54, 1.807) is 24.1 Å². The summed E-state index contributed by atoms with van der Waals surface area (Å²) in [7, 11) is 1.81. The van der Waals surface area contributed by atoms with Crippen LogP contribution < -0.4 is 4.74 Å². The van der Waals surface area contributed by atoms with E-state index in [0.29, 0.717) is 17.9 Å². The van der Waals surface area contributed by atoms with Crippen molar-refractivity contribution in [1.82, 2.24) is 15.1 Å². The minimum Gasteiger partial charge on any atom is -0.489 e.